The van der Waals surface area contributed by atoms with E-state index in [4.69, 9.17) is 33.0 Å². The first kappa shape index (κ1) is 32.2. The van der Waals surface area contributed by atoms with Crippen molar-refractivity contribution in [3.05, 3.63) is 51.9 Å². The number of thiazole rings is 1. The Morgan fingerprint density at radius 3 is 2.71 bits per heavy atom. The number of halogens is 1. The molecule has 0 aliphatic carbocycles. The predicted molar refractivity (Wildman–Crippen MR) is 166 cm³/mol. The Morgan fingerprint density at radius 1 is 1.31 bits per heavy atom. The lowest BCUT2D eigenvalue weighted by Gasteiger charge is -2.49. The molecule has 4 atom stereocenters. The number of aliphatic carboxylic acids is 2. The number of nitrogens with zero attached hydrogens (tertiary/aromatic N) is 5. The number of β-lactam (4-membered cyclic amide) rings is 1. The number of aromatic nitrogens is 3. The lowest BCUT2D eigenvalue weighted by molar-refractivity contribution is -0.663. The molecule has 1 fully saturated rings. The van der Waals surface area contributed by atoms with E-state index in [0.717, 1.165) is 35.3 Å². The topological polar surface area (TPSA) is 219 Å². The van der Waals surface area contributed by atoms with Crippen molar-refractivity contribution in [1.29, 1.82) is 0 Å². The number of anilines is 1. The molecule has 7 N–H and O–H groups in total. The van der Waals surface area contributed by atoms with Crippen molar-refractivity contribution >= 4 is 80.3 Å². The third-order valence-corrected chi connectivity index (χ3v) is 9.65. The molecule has 0 saturated carbocycles. The Balaban J connectivity index is 1.37. The van der Waals surface area contributed by atoms with Gasteiger partial charge in [-0.1, -0.05) is 28.1 Å². The van der Waals surface area contributed by atoms with Crippen molar-refractivity contribution in [3.8, 4) is 0 Å². The zero-order valence-corrected chi connectivity index (χ0v) is 26.4. The van der Waals surface area contributed by atoms with Crippen LogP contribution in [0.15, 0.2) is 47.0 Å². The maximum absolute atomic E-state index is 13.3. The SMILES string of the molecule is C[C@H](N)CCn1ccc2c1ccc[n+]2CC1=C(C(=O)O)N2C(=O)[C@@H](NC(=O)/C(=N\O[C@@H](C)C(=O)O)c3nc(N)sc3Cl)[C@H]2SC1. The lowest BCUT2D eigenvalue weighted by Crippen LogP contribution is -2.71. The molecule has 2 amide bonds. The number of thioether (sulfide) groups is 1. The third kappa shape index (κ3) is 6.47. The van der Waals surface area contributed by atoms with E-state index in [2.05, 4.69) is 20.0 Å². The van der Waals surface area contributed by atoms with Gasteiger partial charge in [0.15, 0.2) is 23.6 Å². The molecule has 0 unspecified atom stereocenters. The fraction of sp³-hybridized carbons (Fsp3) is 0.370. The molecule has 2 aliphatic rings. The van der Waals surface area contributed by atoms with Gasteiger partial charge in [-0.2, -0.15) is 4.57 Å². The van der Waals surface area contributed by atoms with Crippen molar-refractivity contribution in [3.63, 3.8) is 0 Å². The molecule has 0 spiro atoms. The fourth-order valence-electron chi connectivity index (χ4n) is 4.94. The van der Waals surface area contributed by atoms with E-state index in [0.29, 0.717) is 5.57 Å². The predicted octanol–water partition coefficient (Wildman–Crippen LogP) is 0.991. The Labute approximate surface area is 269 Å². The highest BCUT2D eigenvalue weighted by atomic mass is 35.5. The molecule has 5 heterocycles. The average molecular weight is 678 g/mol. The van der Waals surface area contributed by atoms with Crippen LogP contribution in [0.4, 0.5) is 5.13 Å². The van der Waals surface area contributed by atoms with Crippen LogP contribution in [0.5, 0.6) is 0 Å². The summed E-state index contributed by atoms with van der Waals surface area (Å²) in [6.07, 6.45) is 3.21. The first-order chi connectivity index (χ1) is 21.4. The lowest BCUT2D eigenvalue weighted by atomic mass is 10.0. The van der Waals surface area contributed by atoms with E-state index in [9.17, 15) is 24.3 Å². The van der Waals surface area contributed by atoms with Gasteiger partial charge in [-0.15, -0.1) is 11.8 Å². The smallest absolute Gasteiger partial charge is 0.352 e. The molecule has 238 valence electrons. The maximum atomic E-state index is 13.3. The number of carbonyl (C=O) groups excluding carboxylic acids is 2. The summed E-state index contributed by atoms with van der Waals surface area (Å²) in [5, 5.41) is 24.8. The highest BCUT2D eigenvalue weighted by Crippen LogP contribution is 2.40. The molecule has 18 heteroatoms. The van der Waals surface area contributed by atoms with Crippen LogP contribution in [0.25, 0.3) is 11.0 Å². The first-order valence-corrected chi connectivity index (χ1v) is 15.9. The van der Waals surface area contributed by atoms with Gasteiger partial charge in [0.2, 0.25) is 11.6 Å². The molecule has 0 aromatic carbocycles. The number of fused-ring (bicyclic) bond motifs is 2. The standard InChI is InChI=1S/C27H29ClN8O7S2/c1-12(29)5-8-34-9-6-16-15(34)4-3-7-35(16)10-14-11-44-24-19(23(38)36(24)20(14)26(41)42)31-22(37)18(33-43-13(2)25(39)40)17-21(28)45-27(30)32-17/h3-4,6-7,9,12-13,19,24H,5,8,10-11,29H2,1-2H3,(H4-,30,31,32,37,39,40,41,42)/p+1/b33-18-/t12-,13-,19+,24+/m0/s1. The Morgan fingerprint density at radius 2 is 2.07 bits per heavy atom. The van der Waals surface area contributed by atoms with Crippen molar-refractivity contribution in [2.45, 2.75) is 56.9 Å². The molecule has 0 bridgehead atoms. The van der Waals surface area contributed by atoms with Crippen LogP contribution in [-0.4, -0.2) is 83.4 Å². The maximum Gasteiger partial charge on any atom is 0.352 e. The number of carbonyl (C=O) groups is 4. The fourth-order valence-corrected chi connectivity index (χ4v) is 7.21. The second-order valence-electron chi connectivity index (χ2n) is 10.5. The van der Waals surface area contributed by atoms with E-state index in [1.165, 1.54) is 23.6 Å². The van der Waals surface area contributed by atoms with Crippen LogP contribution in [0.1, 0.15) is 26.0 Å². The molecule has 1 saturated heterocycles. The van der Waals surface area contributed by atoms with Gasteiger partial charge in [-0.3, -0.25) is 14.5 Å². The van der Waals surface area contributed by atoms with Crippen LogP contribution in [0.3, 0.4) is 0 Å². The Kier molecular flexibility index (Phi) is 9.33. The number of nitrogen functional groups attached to an aromatic ring is 1. The number of hydrogen-bond donors (Lipinski definition) is 5. The number of nitrogens with two attached hydrogens (primary N) is 2. The molecule has 3 aromatic heterocycles. The highest BCUT2D eigenvalue weighted by molar-refractivity contribution is 8.00. The normalized spacial score (nSPS) is 19.6. The summed E-state index contributed by atoms with van der Waals surface area (Å²) in [7, 11) is 0. The number of aryl methyl sites for hydroxylation is 1. The summed E-state index contributed by atoms with van der Waals surface area (Å²) >= 11 is 8.34. The van der Waals surface area contributed by atoms with Crippen molar-refractivity contribution in [1.82, 2.24) is 19.8 Å². The summed E-state index contributed by atoms with van der Waals surface area (Å²) in [6.45, 7) is 4.12. The van der Waals surface area contributed by atoms with Gasteiger partial charge in [0.25, 0.3) is 11.8 Å². The van der Waals surface area contributed by atoms with Gasteiger partial charge in [0, 0.05) is 42.2 Å². The van der Waals surface area contributed by atoms with Crippen LogP contribution in [0, 0.1) is 0 Å². The molecule has 0 radical (unpaired) electrons. The summed E-state index contributed by atoms with van der Waals surface area (Å²) < 4.78 is 4.03. The van der Waals surface area contributed by atoms with E-state index in [-0.39, 0.29) is 39.2 Å². The van der Waals surface area contributed by atoms with Gasteiger partial charge < -0.3 is 36.4 Å². The highest BCUT2D eigenvalue weighted by Gasteiger charge is 2.55. The van der Waals surface area contributed by atoms with E-state index in [1.54, 1.807) is 0 Å². The largest absolute Gasteiger partial charge is 0.478 e. The molecule has 45 heavy (non-hydrogen) atoms. The minimum absolute atomic E-state index is 0.000813. The average Bonchev–Trinajstić information content (AvgIpc) is 3.56. The van der Waals surface area contributed by atoms with Crippen molar-refractivity contribution in [2.24, 2.45) is 10.9 Å². The summed E-state index contributed by atoms with van der Waals surface area (Å²) in [5.74, 6) is -3.88. The first-order valence-electron chi connectivity index (χ1n) is 13.7. The second-order valence-corrected chi connectivity index (χ2v) is 13.2. The third-order valence-electron chi connectivity index (χ3n) is 7.23. The van der Waals surface area contributed by atoms with E-state index < -0.39 is 47.0 Å². The van der Waals surface area contributed by atoms with E-state index >= 15 is 0 Å². The molecular weight excluding hydrogens is 648 g/mol. The minimum atomic E-state index is -1.41. The number of carboxylic acid groups (broad SMARTS) is 2. The quantitative estimate of drug-likeness (QED) is 0.0787. The number of amides is 2. The summed E-state index contributed by atoms with van der Waals surface area (Å²) in [4.78, 5) is 60.4. The molecule has 2 aliphatic heterocycles. The van der Waals surface area contributed by atoms with Gasteiger partial charge >= 0.3 is 11.9 Å². The number of pyridine rings is 1. The van der Waals surface area contributed by atoms with E-state index in [1.807, 2.05) is 42.1 Å². The molecule has 3 aromatic rings. The molecular formula is C27H30ClN8O7S2+. The van der Waals surface area contributed by atoms with Gasteiger partial charge in [0.1, 0.15) is 32.7 Å². The van der Waals surface area contributed by atoms with Gasteiger partial charge in [-0.25, -0.2) is 14.6 Å². The van der Waals surface area contributed by atoms with Crippen LogP contribution in [-0.2, 0) is 37.1 Å². The monoisotopic (exact) mass is 677 g/mol. The zero-order valence-electron chi connectivity index (χ0n) is 24.0. The van der Waals surface area contributed by atoms with Crippen LogP contribution in [0.2, 0.25) is 4.34 Å². The van der Waals surface area contributed by atoms with Gasteiger partial charge in [0.05, 0.1) is 0 Å². The summed E-state index contributed by atoms with van der Waals surface area (Å²) in [6, 6.07) is 4.76. The Hall–Kier alpha value is -4.19. The number of rotatable bonds is 12. The number of carboxylic acids is 2. The van der Waals surface area contributed by atoms with Crippen LogP contribution < -0.4 is 21.4 Å². The zero-order chi connectivity index (χ0) is 32.6. The molecule has 15 nitrogen and oxygen atoms in total. The number of oxime groups is 1. The molecule has 5 rings (SSSR count). The summed E-state index contributed by atoms with van der Waals surface area (Å²) in [5.41, 5.74) is 13.3. The van der Waals surface area contributed by atoms with Gasteiger partial charge in [-0.05, 0) is 26.3 Å². The van der Waals surface area contributed by atoms with Crippen molar-refractivity contribution in [2.75, 3.05) is 11.5 Å². The number of hydrogen-bond acceptors (Lipinski definition) is 11. The Bertz CT molecular complexity index is 1750. The minimum Gasteiger partial charge on any atom is -0.478 e. The number of nitrogens with one attached hydrogen (secondary N) is 1. The van der Waals surface area contributed by atoms with Crippen molar-refractivity contribution < 1.29 is 38.8 Å². The van der Waals surface area contributed by atoms with Crippen LogP contribution >= 0.6 is 34.7 Å². The second kappa shape index (κ2) is 13.0.